The molecule has 4 N–H and O–H groups in total. The van der Waals surface area contributed by atoms with Crippen molar-refractivity contribution in [2.45, 2.75) is 25.3 Å². The Hall–Kier alpha value is -1.44. The standard InChI is InChI=1S/C17H22N2O3S2/c1-11(12-5-3-2-4-6-12)13(7-8-18)19-16(20)14-15(17(21)22)24-10-9-23-14/h2-6,11,13H,7-10,18H2,1H3,(H,19,20)(H,21,22). The minimum Gasteiger partial charge on any atom is -0.477 e. The Kier molecular flexibility index (Phi) is 7.20. The molecule has 0 saturated carbocycles. The maximum absolute atomic E-state index is 12.6. The average Bonchev–Trinajstić information content (AvgIpc) is 2.61. The number of hydrogen-bond donors (Lipinski definition) is 3. The number of carbonyl (C=O) groups excluding carboxylic acids is 1. The van der Waals surface area contributed by atoms with Gasteiger partial charge in [0.1, 0.15) is 4.91 Å². The summed E-state index contributed by atoms with van der Waals surface area (Å²) in [7, 11) is 0. The molecule has 1 amide bonds. The Morgan fingerprint density at radius 3 is 2.42 bits per heavy atom. The van der Waals surface area contributed by atoms with Crippen LogP contribution in [0.3, 0.4) is 0 Å². The second-order valence-corrected chi connectivity index (χ2v) is 7.73. The lowest BCUT2D eigenvalue weighted by atomic mass is 9.91. The molecule has 5 nitrogen and oxygen atoms in total. The fourth-order valence-electron chi connectivity index (χ4n) is 2.60. The molecule has 1 aromatic rings. The first kappa shape index (κ1) is 18.9. The molecular formula is C17H22N2O3S2. The molecule has 2 rings (SSSR count). The van der Waals surface area contributed by atoms with Crippen LogP contribution in [0.1, 0.15) is 24.8 Å². The van der Waals surface area contributed by atoms with E-state index in [2.05, 4.69) is 5.32 Å². The topological polar surface area (TPSA) is 92.4 Å². The van der Waals surface area contributed by atoms with Crippen molar-refractivity contribution >= 4 is 35.4 Å². The van der Waals surface area contributed by atoms with Gasteiger partial charge in [0.05, 0.1) is 4.91 Å². The minimum atomic E-state index is -1.04. The number of rotatable bonds is 7. The molecule has 1 heterocycles. The zero-order valence-corrected chi connectivity index (χ0v) is 15.2. The summed E-state index contributed by atoms with van der Waals surface area (Å²) < 4.78 is 0. The summed E-state index contributed by atoms with van der Waals surface area (Å²) in [6.45, 7) is 2.50. The van der Waals surface area contributed by atoms with Crippen LogP contribution in [-0.2, 0) is 9.59 Å². The highest BCUT2D eigenvalue weighted by molar-refractivity contribution is 8.11. The molecule has 0 spiro atoms. The van der Waals surface area contributed by atoms with Crippen LogP contribution in [0, 0.1) is 0 Å². The number of amides is 1. The first-order chi connectivity index (χ1) is 11.5. The lowest BCUT2D eigenvalue weighted by Crippen LogP contribution is -2.41. The SMILES string of the molecule is CC(c1ccccc1)C(CCN)NC(=O)C1=C(C(=O)O)SCCS1. The third-order valence-corrected chi connectivity index (χ3v) is 6.46. The maximum Gasteiger partial charge on any atom is 0.343 e. The van der Waals surface area contributed by atoms with Gasteiger partial charge in [-0.15, -0.1) is 23.5 Å². The molecule has 0 saturated heterocycles. The summed E-state index contributed by atoms with van der Waals surface area (Å²) in [5, 5.41) is 12.3. The summed E-state index contributed by atoms with van der Waals surface area (Å²) in [6, 6.07) is 9.78. The van der Waals surface area contributed by atoms with Crippen LogP contribution in [0.2, 0.25) is 0 Å². The second kappa shape index (κ2) is 9.15. The van der Waals surface area contributed by atoms with E-state index >= 15 is 0 Å². The minimum absolute atomic E-state index is 0.0915. The first-order valence-electron chi connectivity index (χ1n) is 7.83. The second-order valence-electron chi connectivity index (χ2n) is 5.52. The van der Waals surface area contributed by atoms with Crippen molar-refractivity contribution in [2.24, 2.45) is 5.73 Å². The molecule has 0 radical (unpaired) electrons. The van der Waals surface area contributed by atoms with Crippen molar-refractivity contribution < 1.29 is 14.7 Å². The van der Waals surface area contributed by atoms with Crippen LogP contribution in [0.15, 0.2) is 40.1 Å². The van der Waals surface area contributed by atoms with E-state index < -0.39 is 5.97 Å². The van der Waals surface area contributed by atoms with Crippen molar-refractivity contribution in [1.82, 2.24) is 5.32 Å². The molecule has 7 heteroatoms. The van der Waals surface area contributed by atoms with Gasteiger partial charge in [0.2, 0.25) is 0 Å². The lowest BCUT2D eigenvalue weighted by Gasteiger charge is -2.26. The van der Waals surface area contributed by atoms with Gasteiger partial charge in [-0.3, -0.25) is 4.79 Å². The number of carbonyl (C=O) groups is 2. The fraction of sp³-hybridized carbons (Fsp3) is 0.412. The Balaban J connectivity index is 2.17. The van der Waals surface area contributed by atoms with Crippen molar-refractivity contribution in [1.29, 1.82) is 0 Å². The summed E-state index contributed by atoms with van der Waals surface area (Å²) in [5.41, 5.74) is 6.83. The summed E-state index contributed by atoms with van der Waals surface area (Å²) in [5.74, 6) is 0.180. The van der Waals surface area contributed by atoms with E-state index in [1.54, 1.807) is 0 Å². The fourth-order valence-corrected chi connectivity index (χ4v) is 4.78. The molecule has 24 heavy (non-hydrogen) atoms. The molecule has 0 aliphatic carbocycles. The van der Waals surface area contributed by atoms with Gasteiger partial charge in [-0.05, 0) is 18.5 Å². The number of nitrogens with one attached hydrogen (secondary N) is 1. The highest BCUT2D eigenvalue weighted by Gasteiger charge is 2.28. The van der Waals surface area contributed by atoms with Crippen molar-refractivity contribution in [2.75, 3.05) is 18.1 Å². The van der Waals surface area contributed by atoms with Crippen LogP contribution in [0.4, 0.5) is 0 Å². The van der Waals surface area contributed by atoms with E-state index in [9.17, 15) is 14.7 Å². The molecule has 1 aromatic carbocycles. The van der Waals surface area contributed by atoms with E-state index in [0.29, 0.717) is 23.6 Å². The third kappa shape index (κ3) is 4.78. The Labute approximate surface area is 150 Å². The van der Waals surface area contributed by atoms with Gasteiger partial charge >= 0.3 is 5.97 Å². The predicted octanol–water partition coefficient (Wildman–Crippen LogP) is 2.40. The molecule has 2 unspecified atom stereocenters. The van der Waals surface area contributed by atoms with E-state index in [1.807, 2.05) is 37.3 Å². The van der Waals surface area contributed by atoms with Crippen LogP contribution in [0.5, 0.6) is 0 Å². The first-order valence-corrected chi connectivity index (χ1v) is 9.80. The molecule has 2 atom stereocenters. The summed E-state index contributed by atoms with van der Waals surface area (Å²) >= 11 is 2.54. The molecule has 0 fully saturated rings. The van der Waals surface area contributed by atoms with Crippen molar-refractivity contribution in [3.63, 3.8) is 0 Å². The van der Waals surface area contributed by atoms with E-state index in [-0.39, 0.29) is 22.8 Å². The zero-order valence-electron chi connectivity index (χ0n) is 13.5. The van der Waals surface area contributed by atoms with Crippen molar-refractivity contribution in [3.05, 3.63) is 45.7 Å². The predicted molar refractivity (Wildman–Crippen MR) is 100 cm³/mol. The highest BCUT2D eigenvalue weighted by atomic mass is 32.2. The number of carboxylic acids is 1. The number of aliphatic carboxylic acids is 1. The van der Waals surface area contributed by atoms with Crippen molar-refractivity contribution in [3.8, 4) is 0 Å². The zero-order chi connectivity index (χ0) is 17.5. The van der Waals surface area contributed by atoms with Gasteiger partial charge in [-0.25, -0.2) is 4.79 Å². The van der Waals surface area contributed by atoms with Crippen LogP contribution in [0.25, 0.3) is 0 Å². The summed E-state index contributed by atoms with van der Waals surface area (Å²) in [6.07, 6.45) is 0.634. The molecule has 0 aromatic heterocycles. The molecule has 1 aliphatic rings. The van der Waals surface area contributed by atoms with Gasteiger partial charge in [-0.2, -0.15) is 0 Å². The lowest BCUT2D eigenvalue weighted by molar-refractivity contribution is -0.132. The number of nitrogens with two attached hydrogens (primary N) is 1. The molecule has 0 bridgehead atoms. The molecular weight excluding hydrogens is 344 g/mol. The number of carboxylic acid groups (broad SMARTS) is 1. The number of thioether (sulfide) groups is 2. The Morgan fingerprint density at radius 1 is 1.21 bits per heavy atom. The van der Waals surface area contributed by atoms with E-state index in [0.717, 1.165) is 11.3 Å². The van der Waals surface area contributed by atoms with E-state index in [4.69, 9.17) is 5.73 Å². The van der Waals surface area contributed by atoms with Gasteiger partial charge in [0, 0.05) is 23.5 Å². The van der Waals surface area contributed by atoms with Crippen LogP contribution >= 0.6 is 23.5 Å². The smallest absolute Gasteiger partial charge is 0.343 e. The third-order valence-electron chi connectivity index (χ3n) is 3.91. The maximum atomic E-state index is 12.6. The largest absolute Gasteiger partial charge is 0.477 e. The Morgan fingerprint density at radius 2 is 1.83 bits per heavy atom. The summed E-state index contributed by atoms with van der Waals surface area (Å²) in [4.78, 5) is 24.4. The monoisotopic (exact) mass is 366 g/mol. The van der Waals surface area contributed by atoms with Gasteiger partial charge in [-0.1, -0.05) is 37.3 Å². The van der Waals surface area contributed by atoms with Crippen LogP contribution in [-0.4, -0.2) is 41.1 Å². The van der Waals surface area contributed by atoms with Crippen LogP contribution < -0.4 is 11.1 Å². The quantitative estimate of drug-likeness (QED) is 0.686. The normalized spacial score (nSPS) is 17.2. The van der Waals surface area contributed by atoms with E-state index in [1.165, 1.54) is 23.5 Å². The van der Waals surface area contributed by atoms with Gasteiger partial charge in [0.15, 0.2) is 0 Å². The number of benzene rings is 1. The highest BCUT2D eigenvalue weighted by Crippen LogP contribution is 2.34. The molecule has 1 aliphatic heterocycles. The van der Waals surface area contributed by atoms with Gasteiger partial charge in [0.25, 0.3) is 5.91 Å². The molecule has 130 valence electrons. The Bertz CT molecular complexity index is 620. The van der Waals surface area contributed by atoms with Gasteiger partial charge < -0.3 is 16.2 Å². The number of hydrogen-bond acceptors (Lipinski definition) is 5. The average molecular weight is 367 g/mol.